The molecule has 0 saturated carbocycles. The van der Waals surface area contributed by atoms with Gasteiger partial charge in [-0.05, 0) is 35.4 Å². The van der Waals surface area contributed by atoms with Crippen LogP contribution in [0.2, 0.25) is 0 Å². The van der Waals surface area contributed by atoms with E-state index in [0.29, 0.717) is 11.4 Å². The van der Waals surface area contributed by atoms with Crippen LogP contribution in [-0.2, 0) is 19.6 Å². The van der Waals surface area contributed by atoms with Gasteiger partial charge < -0.3 is 10.2 Å². The Balaban J connectivity index is 1.77. The number of sulfonamides is 1. The predicted octanol–water partition coefficient (Wildman–Crippen LogP) is 2.96. The van der Waals surface area contributed by atoms with Crippen LogP contribution in [0.25, 0.3) is 6.08 Å². The highest BCUT2D eigenvalue weighted by Crippen LogP contribution is 2.33. The summed E-state index contributed by atoms with van der Waals surface area (Å²) in [5.41, 5.74) is 2.70. The zero-order chi connectivity index (χ0) is 20.3. The number of carbonyl (C=O) groups excluding carboxylic acids is 2. The zero-order valence-electron chi connectivity index (χ0n) is 15.5. The number of rotatable bonds is 5. The molecule has 0 unspecified atom stereocenters. The summed E-state index contributed by atoms with van der Waals surface area (Å²) >= 11 is 0. The number of amides is 2. The Hall–Kier alpha value is -3.13. The SMILES string of the molecule is CC(=O)N1C=Cc2ccccc2[C@H]1CC(=O)Nc1cccc(NS(C)(=O)=O)c1. The van der Waals surface area contributed by atoms with E-state index in [0.717, 1.165) is 17.4 Å². The highest BCUT2D eigenvalue weighted by Gasteiger charge is 2.28. The van der Waals surface area contributed by atoms with E-state index < -0.39 is 16.1 Å². The van der Waals surface area contributed by atoms with Gasteiger partial charge in [0.2, 0.25) is 21.8 Å². The first-order valence-corrected chi connectivity index (χ1v) is 10.6. The number of nitrogens with one attached hydrogen (secondary N) is 2. The number of benzene rings is 2. The summed E-state index contributed by atoms with van der Waals surface area (Å²) in [6.45, 7) is 1.46. The fourth-order valence-corrected chi connectivity index (χ4v) is 3.73. The van der Waals surface area contributed by atoms with Crippen LogP contribution in [0.15, 0.2) is 54.7 Å². The number of carbonyl (C=O) groups is 2. The van der Waals surface area contributed by atoms with Crippen LogP contribution in [0.4, 0.5) is 11.4 Å². The van der Waals surface area contributed by atoms with Crippen molar-refractivity contribution < 1.29 is 18.0 Å². The van der Waals surface area contributed by atoms with Crippen molar-refractivity contribution in [1.82, 2.24) is 4.90 Å². The molecule has 3 rings (SSSR count). The molecule has 0 spiro atoms. The first-order valence-electron chi connectivity index (χ1n) is 8.67. The van der Waals surface area contributed by atoms with E-state index >= 15 is 0 Å². The van der Waals surface area contributed by atoms with Gasteiger partial charge in [-0.1, -0.05) is 30.3 Å². The van der Waals surface area contributed by atoms with Crippen molar-refractivity contribution in [3.05, 3.63) is 65.9 Å². The maximum Gasteiger partial charge on any atom is 0.229 e. The quantitative estimate of drug-likeness (QED) is 0.808. The summed E-state index contributed by atoms with van der Waals surface area (Å²) in [5.74, 6) is -0.430. The van der Waals surface area contributed by atoms with Crippen LogP contribution in [0.5, 0.6) is 0 Å². The first-order chi connectivity index (χ1) is 13.2. The lowest BCUT2D eigenvalue weighted by Crippen LogP contribution is -2.33. The van der Waals surface area contributed by atoms with Gasteiger partial charge in [-0.2, -0.15) is 0 Å². The third-order valence-electron chi connectivity index (χ3n) is 4.30. The van der Waals surface area contributed by atoms with Crippen LogP contribution in [0.1, 0.15) is 30.5 Å². The molecule has 0 aliphatic carbocycles. The molecule has 1 heterocycles. The van der Waals surface area contributed by atoms with Crippen LogP contribution >= 0.6 is 0 Å². The molecule has 0 bridgehead atoms. The molecule has 7 nitrogen and oxygen atoms in total. The maximum absolute atomic E-state index is 12.6. The summed E-state index contributed by atoms with van der Waals surface area (Å²) in [4.78, 5) is 26.2. The lowest BCUT2D eigenvalue weighted by atomic mass is 9.93. The molecule has 1 atom stereocenters. The van der Waals surface area contributed by atoms with Gasteiger partial charge in [0.25, 0.3) is 0 Å². The average molecular weight is 399 g/mol. The Morgan fingerprint density at radius 3 is 2.50 bits per heavy atom. The molecule has 2 aromatic carbocycles. The minimum absolute atomic E-state index is 0.0741. The molecule has 0 aromatic heterocycles. The van der Waals surface area contributed by atoms with E-state index in [2.05, 4.69) is 10.0 Å². The Morgan fingerprint density at radius 1 is 1.07 bits per heavy atom. The predicted molar refractivity (Wildman–Crippen MR) is 109 cm³/mol. The van der Waals surface area contributed by atoms with E-state index in [9.17, 15) is 18.0 Å². The minimum atomic E-state index is -3.41. The van der Waals surface area contributed by atoms with Gasteiger partial charge in [0.1, 0.15) is 0 Å². The standard InChI is InChI=1S/C20H21N3O4S/c1-14(24)23-11-10-15-6-3-4-9-18(15)19(23)13-20(25)21-16-7-5-8-17(12-16)22-28(2,26)27/h3-12,19,22H,13H2,1-2H3,(H,21,25)/t19-/m1/s1. The fourth-order valence-electron chi connectivity index (χ4n) is 3.18. The number of hydrogen-bond acceptors (Lipinski definition) is 4. The highest BCUT2D eigenvalue weighted by atomic mass is 32.2. The largest absolute Gasteiger partial charge is 0.326 e. The van der Waals surface area contributed by atoms with Crippen LogP contribution < -0.4 is 10.0 Å². The Bertz CT molecular complexity index is 1050. The van der Waals surface area contributed by atoms with Gasteiger partial charge in [-0.25, -0.2) is 8.42 Å². The zero-order valence-corrected chi connectivity index (χ0v) is 16.4. The van der Waals surface area contributed by atoms with Gasteiger partial charge in [0.15, 0.2) is 0 Å². The molecule has 8 heteroatoms. The van der Waals surface area contributed by atoms with Gasteiger partial charge >= 0.3 is 0 Å². The number of hydrogen-bond donors (Lipinski definition) is 2. The second-order valence-corrected chi connectivity index (χ2v) is 8.34. The smallest absolute Gasteiger partial charge is 0.229 e. The average Bonchev–Trinajstić information content (AvgIpc) is 2.60. The molecule has 2 aromatic rings. The lowest BCUT2D eigenvalue weighted by molar-refractivity contribution is -0.129. The van der Waals surface area contributed by atoms with E-state index in [1.54, 1.807) is 29.3 Å². The Kier molecular flexibility index (Phi) is 5.51. The Morgan fingerprint density at radius 2 is 1.79 bits per heavy atom. The van der Waals surface area contributed by atoms with E-state index in [4.69, 9.17) is 0 Å². The normalized spacial score (nSPS) is 15.6. The molecule has 0 saturated heterocycles. The van der Waals surface area contributed by atoms with Crippen LogP contribution in [0, 0.1) is 0 Å². The van der Waals surface area contributed by atoms with Gasteiger partial charge in [-0.3, -0.25) is 14.3 Å². The molecular formula is C20H21N3O4S. The molecular weight excluding hydrogens is 378 g/mol. The van der Waals surface area contributed by atoms with Crippen molar-refractivity contribution in [3.63, 3.8) is 0 Å². The third-order valence-corrected chi connectivity index (χ3v) is 4.90. The second-order valence-electron chi connectivity index (χ2n) is 6.59. The minimum Gasteiger partial charge on any atom is -0.326 e. The fraction of sp³-hybridized carbons (Fsp3) is 0.200. The maximum atomic E-state index is 12.6. The molecule has 28 heavy (non-hydrogen) atoms. The number of anilines is 2. The van der Waals surface area contributed by atoms with E-state index in [1.165, 1.54) is 13.0 Å². The Labute approximate surface area is 164 Å². The van der Waals surface area contributed by atoms with Gasteiger partial charge in [-0.15, -0.1) is 0 Å². The third kappa shape index (κ3) is 4.77. The second kappa shape index (κ2) is 7.85. The number of nitrogens with zero attached hydrogens (tertiary/aromatic N) is 1. The summed E-state index contributed by atoms with van der Waals surface area (Å²) in [6, 6.07) is 13.7. The summed E-state index contributed by atoms with van der Waals surface area (Å²) in [6.07, 6.45) is 4.68. The van der Waals surface area contributed by atoms with Gasteiger partial charge in [0, 0.05) is 18.8 Å². The molecule has 2 N–H and O–H groups in total. The van der Waals surface area contributed by atoms with E-state index in [-0.39, 0.29) is 18.2 Å². The molecule has 0 radical (unpaired) electrons. The van der Waals surface area contributed by atoms with Gasteiger partial charge in [0.05, 0.1) is 24.4 Å². The van der Waals surface area contributed by atoms with Crippen molar-refractivity contribution in [1.29, 1.82) is 0 Å². The molecule has 1 aliphatic rings. The van der Waals surface area contributed by atoms with Crippen LogP contribution in [-0.4, -0.2) is 31.4 Å². The highest BCUT2D eigenvalue weighted by molar-refractivity contribution is 7.92. The first kappa shape index (κ1) is 19.6. The molecule has 146 valence electrons. The summed E-state index contributed by atoms with van der Waals surface area (Å²) in [5, 5.41) is 2.77. The summed E-state index contributed by atoms with van der Waals surface area (Å²) in [7, 11) is -3.41. The monoisotopic (exact) mass is 399 g/mol. The molecule has 1 aliphatic heterocycles. The summed E-state index contributed by atoms with van der Waals surface area (Å²) < 4.78 is 25.1. The molecule has 0 fully saturated rings. The number of fused-ring (bicyclic) bond motifs is 1. The van der Waals surface area contributed by atoms with Crippen molar-refractivity contribution in [3.8, 4) is 0 Å². The van der Waals surface area contributed by atoms with Crippen molar-refractivity contribution >= 4 is 39.3 Å². The lowest BCUT2D eigenvalue weighted by Gasteiger charge is -2.32. The van der Waals surface area contributed by atoms with Crippen molar-refractivity contribution in [2.45, 2.75) is 19.4 Å². The topological polar surface area (TPSA) is 95.6 Å². The molecule has 2 amide bonds. The van der Waals surface area contributed by atoms with Crippen molar-refractivity contribution in [2.24, 2.45) is 0 Å². The van der Waals surface area contributed by atoms with E-state index in [1.807, 2.05) is 30.3 Å². The van der Waals surface area contributed by atoms with Crippen molar-refractivity contribution in [2.75, 3.05) is 16.3 Å². The van der Waals surface area contributed by atoms with Crippen LogP contribution in [0.3, 0.4) is 0 Å².